The van der Waals surface area contributed by atoms with E-state index in [1.165, 1.54) is 38.3 Å². The zero-order valence-corrected chi connectivity index (χ0v) is 20.7. The number of methoxy groups -OCH3 is 1. The molecule has 0 aliphatic carbocycles. The second-order valence-corrected chi connectivity index (χ2v) is 9.03. The predicted octanol–water partition coefficient (Wildman–Crippen LogP) is -1.60. The van der Waals surface area contributed by atoms with Crippen molar-refractivity contribution in [1.29, 1.82) is 0 Å². The molecule has 0 spiro atoms. The molecule has 2 aromatic rings. The van der Waals surface area contributed by atoms with Crippen LogP contribution in [0.3, 0.4) is 0 Å². The predicted molar refractivity (Wildman–Crippen MR) is 124 cm³/mol. The molecule has 0 radical (unpaired) electrons. The van der Waals surface area contributed by atoms with Crippen LogP contribution < -0.4 is 15.1 Å². The minimum absolute atomic E-state index is 0.00741. The minimum atomic E-state index is -1.68. The van der Waals surface area contributed by atoms with Gasteiger partial charge in [-0.1, -0.05) is 0 Å². The Morgan fingerprint density at radius 2 is 1.66 bits per heavy atom. The van der Waals surface area contributed by atoms with Crippen LogP contribution in [-0.4, -0.2) is 107 Å². The second kappa shape index (κ2) is 11.5. The van der Waals surface area contributed by atoms with Crippen molar-refractivity contribution in [2.24, 2.45) is 0 Å². The van der Waals surface area contributed by atoms with Crippen molar-refractivity contribution in [2.75, 3.05) is 13.7 Å². The van der Waals surface area contributed by atoms with Gasteiger partial charge in [0.1, 0.15) is 36.1 Å². The van der Waals surface area contributed by atoms with E-state index in [4.69, 9.17) is 32.8 Å². The Bertz CT molecular complexity index is 1180. The summed E-state index contributed by atoms with van der Waals surface area (Å²) < 4.78 is 38.1. The van der Waals surface area contributed by atoms with E-state index >= 15 is 0 Å². The normalized spacial score (nSPS) is 35.6. The lowest BCUT2D eigenvalue weighted by molar-refractivity contribution is -0.319. The first-order chi connectivity index (χ1) is 18.0. The molecule has 2 fully saturated rings. The van der Waals surface area contributed by atoms with Crippen molar-refractivity contribution >= 4 is 16.9 Å². The lowest BCUT2D eigenvalue weighted by Crippen LogP contribution is -2.62. The van der Waals surface area contributed by atoms with Crippen LogP contribution in [0.1, 0.15) is 13.8 Å². The van der Waals surface area contributed by atoms with Crippen molar-refractivity contribution in [1.82, 2.24) is 0 Å². The quantitative estimate of drug-likeness (QED) is 0.198. The fourth-order valence-electron chi connectivity index (χ4n) is 4.26. The Hall–Kier alpha value is -2.82. The van der Waals surface area contributed by atoms with Crippen molar-refractivity contribution in [3.8, 4) is 11.5 Å². The monoisotopic (exact) mass is 542 g/mol. The molecule has 2 aliphatic rings. The largest absolute Gasteiger partial charge is 0.493 e. The summed E-state index contributed by atoms with van der Waals surface area (Å²) in [7, 11) is 1.37. The number of hydrogen-bond donors (Lipinski definition) is 5. The Labute approximate surface area is 215 Å². The van der Waals surface area contributed by atoms with Crippen LogP contribution in [0, 0.1) is 0 Å². The lowest BCUT2D eigenvalue weighted by Gasteiger charge is -2.43. The van der Waals surface area contributed by atoms with Gasteiger partial charge in [-0.25, -0.2) is 4.79 Å². The van der Waals surface area contributed by atoms with Gasteiger partial charge in [-0.05, 0) is 19.1 Å². The maximum atomic E-state index is 11.7. The molecule has 0 saturated carbocycles. The highest BCUT2D eigenvalue weighted by atomic mass is 16.7. The molecule has 210 valence electrons. The van der Waals surface area contributed by atoms with Crippen molar-refractivity contribution in [3.05, 3.63) is 34.7 Å². The van der Waals surface area contributed by atoms with Gasteiger partial charge in [-0.2, -0.15) is 0 Å². The second-order valence-electron chi connectivity index (χ2n) is 9.03. The highest BCUT2D eigenvalue weighted by Crippen LogP contribution is 2.35. The van der Waals surface area contributed by atoms with E-state index in [-0.39, 0.29) is 17.1 Å². The van der Waals surface area contributed by atoms with Gasteiger partial charge in [0, 0.05) is 24.4 Å². The van der Waals surface area contributed by atoms with Crippen molar-refractivity contribution in [3.63, 3.8) is 0 Å². The SMILES string of the molecule is COc1cc2ccc(=O)oc2cc1OC1OC(COC2OC(C)C(O)C(O)C2O)C(O)C(OC(C)=O)C1O. The number of fused-ring (bicyclic) bond motifs is 1. The van der Waals surface area contributed by atoms with Gasteiger partial charge in [0.05, 0.1) is 19.8 Å². The molecule has 1 aromatic heterocycles. The maximum absolute atomic E-state index is 11.7. The summed E-state index contributed by atoms with van der Waals surface area (Å²) in [5.74, 6) is -0.589. The van der Waals surface area contributed by atoms with Gasteiger partial charge in [0.25, 0.3) is 0 Å². The van der Waals surface area contributed by atoms with Crippen LogP contribution in [0.4, 0.5) is 0 Å². The number of carbonyl (C=O) groups excluding carboxylic acids is 1. The van der Waals surface area contributed by atoms with E-state index in [2.05, 4.69) is 0 Å². The number of esters is 1. The van der Waals surface area contributed by atoms with Crippen molar-refractivity contribution in [2.45, 2.75) is 75.3 Å². The van der Waals surface area contributed by atoms with Crippen LogP contribution >= 0.6 is 0 Å². The first kappa shape index (κ1) is 28.2. The van der Waals surface area contributed by atoms with Crippen LogP contribution in [0.25, 0.3) is 11.0 Å². The average Bonchev–Trinajstić information content (AvgIpc) is 2.88. The summed E-state index contributed by atoms with van der Waals surface area (Å²) in [4.78, 5) is 23.3. The third-order valence-corrected chi connectivity index (χ3v) is 6.33. The fraction of sp³-hybridized carbons (Fsp3) is 0.583. The Morgan fingerprint density at radius 3 is 2.34 bits per heavy atom. The first-order valence-electron chi connectivity index (χ1n) is 11.8. The van der Waals surface area contributed by atoms with Gasteiger partial charge in [-0.15, -0.1) is 0 Å². The lowest BCUT2D eigenvalue weighted by atomic mass is 9.98. The van der Waals surface area contributed by atoms with Gasteiger partial charge in [0.15, 0.2) is 30.0 Å². The first-order valence-corrected chi connectivity index (χ1v) is 11.8. The molecule has 14 nitrogen and oxygen atoms in total. The number of aliphatic hydroxyl groups is 5. The summed E-state index contributed by atoms with van der Waals surface area (Å²) >= 11 is 0. The topological polar surface area (TPSA) is 204 Å². The molecule has 0 bridgehead atoms. The number of ether oxygens (including phenoxy) is 6. The summed E-state index contributed by atoms with van der Waals surface area (Å²) in [6.07, 6.45) is -14.4. The Morgan fingerprint density at radius 1 is 0.921 bits per heavy atom. The number of carbonyl (C=O) groups is 1. The molecule has 1 aromatic carbocycles. The van der Waals surface area contributed by atoms with E-state index in [9.17, 15) is 35.1 Å². The molecule has 2 aliphatic heterocycles. The third kappa shape index (κ3) is 5.77. The van der Waals surface area contributed by atoms with Gasteiger partial charge in [0.2, 0.25) is 6.29 Å². The molecule has 38 heavy (non-hydrogen) atoms. The third-order valence-electron chi connectivity index (χ3n) is 6.33. The Balaban J connectivity index is 1.56. The molecule has 10 unspecified atom stereocenters. The molecule has 0 amide bonds. The molecule has 2 saturated heterocycles. The zero-order valence-electron chi connectivity index (χ0n) is 20.7. The smallest absolute Gasteiger partial charge is 0.336 e. The van der Waals surface area contributed by atoms with E-state index in [0.717, 1.165) is 6.92 Å². The Kier molecular flexibility index (Phi) is 8.54. The number of hydrogen-bond acceptors (Lipinski definition) is 14. The molecule has 3 heterocycles. The van der Waals surface area contributed by atoms with Crippen LogP contribution in [0.2, 0.25) is 0 Å². The van der Waals surface area contributed by atoms with Gasteiger partial charge >= 0.3 is 11.6 Å². The molecular formula is C24H30O14. The van der Waals surface area contributed by atoms with E-state index in [0.29, 0.717) is 5.39 Å². The molecule has 5 N–H and O–H groups in total. The fourth-order valence-corrected chi connectivity index (χ4v) is 4.26. The van der Waals surface area contributed by atoms with Gasteiger partial charge in [-0.3, -0.25) is 4.79 Å². The van der Waals surface area contributed by atoms with Crippen LogP contribution in [0.15, 0.2) is 33.5 Å². The summed E-state index contributed by atoms with van der Waals surface area (Å²) in [5, 5.41) is 52.2. The molecule has 14 heteroatoms. The molecule has 10 atom stereocenters. The van der Waals surface area contributed by atoms with Crippen LogP contribution in [-0.2, 0) is 23.7 Å². The van der Waals surface area contributed by atoms with E-state index in [1.54, 1.807) is 0 Å². The summed E-state index contributed by atoms with van der Waals surface area (Å²) in [6.45, 7) is 2.09. The number of rotatable bonds is 7. The number of aliphatic hydroxyl groups excluding tert-OH is 5. The van der Waals surface area contributed by atoms with Crippen molar-refractivity contribution < 1.29 is 63.2 Å². The molecular weight excluding hydrogens is 512 g/mol. The van der Waals surface area contributed by atoms with Gasteiger partial charge < -0.3 is 58.4 Å². The van der Waals surface area contributed by atoms with Crippen LogP contribution in [0.5, 0.6) is 11.5 Å². The summed E-state index contributed by atoms with van der Waals surface area (Å²) in [6, 6.07) is 5.64. The molecule has 4 rings (SSSR count). The van der Waals surface area contributed by atoms with E-state index < -0.39 is 79.6 Å². The van der Waals surface area contributed by atoms with E-state index in [1.807, 2.05) is 0 Å². The minimum Gasteiger partial charge on any atom is -0.493 e. The number of benzene rings is 1. The summed E-state index contributed by atoms with van der Waals surface area (Å²) in [5.41, 5.74) is -0.440. The maximum Gasteiger partial charge on any atom is 0.336 e. The standard InChI is InChI=1S/C24H30O14/c1-9-17(27)19(29)20(30)23(34-9)33-8-15-18(28)22(35-10(2)25)21(31)24(38-15)37-14-7-12-11(6-13(14)32-3)4-5-16(26)36-12/h4-7,9,15,17-24,27-31H,8H2,1-3H3. The zero-order chi connectivity index (χ0) is 27.7. The highest BCUT2D eigenvalue weighted by Gasteiger charge is 2.49. The average molecular weight is 542 g/mol. The highest BCUT2D eigenvalue weighted by molar-refractivity contribution is 5.80.